The number of hydrogen-bond acceptors (Lipinski definition) is 2. The summed E-state index contributed by atoms with van der Waals surface area (Å²) in [6.45, 7) is 2.36. The summed E-state index contributed by atoms with van der Waals surface area (Å²) < 4.78 is 0. The minimum Gasteiger partial charge on any atom is -0.310 e. The molecule has 0 saturated carbocycles. The van der Waals surface area contributed by atoms with Crippen molar-refractivity contribution in [1.29, 1.82) is 0 Å². The van der Waals surface area contributed by atoms with Crippen LogP contribution in [0.25, 0.3) is 10.9 Å². The smallest absolute Gasteiger partial charge is 0.223 e. The molecule has 16 heavy (non-hydrogen) atoms. The first-order valence-electron chi connectivity index (χ1n) is 5.42. The Balaban J connectivity index is 2.23. The summed E-state index contributed by atoms with van der Waals surface area (Å²) in [5, 5.41) is 1.09. The molecule has 3 rings (SSSR count). The van der Waals surface area contributed by atoms with E-state index >= 15 is 0 Å². The summed E-state index contributed by atoms with van der Waals surface area (Å²) in [5.74, 6) is 0.0934. The average Bonchev–Trinajstić information content (AvgIpc) is 2.68. The fourth-order valence-electron chi connectivity index (χ4n) is 2.23. The third-order valence-corrected chi connectivity index (χ3v) is 3.02. The van der Waals surface area contributed by atoms with Gasteiger partial charge in [0.2, 0.25) is 5.91 Å². The molecule has 1 aliphatic rings. The molecule has 1 aliphatic heterocycles. The van der Waals surface area contributed by atoms with Gasteiger partial charge < -0.3 is 4.90 Å². The van der Waals surface area contributed by atoms with Crippen LogP contribution in [0, 0.1) is 0 Å². The second kappa shape index (κ2) is 3.30. The lowest BCUT2D eigenvalue weighted by molar-refractivity contribution is -0.116. The van der Waals surface area contributed by atoms with Crippen molar-refractivity contribution in [3.63, 3.8) is 0 Å². The number of nitrogens with zero attached hydrogens (tertiary/aromatic N) is 2. The zero-order valence-electron chi connectivity index (χ0n) is 9.10. The molecule has 0 N–H and O–H groups in total. The molecule has 0 radical (unpaired) electrons. The predicted molar refractivity (Wildman–Crippen MR) is 63.5 cm³/mol. The van der Waals surface area contributed by atoms with Gasteiger partial charge in [-0.15, -0.1) is 0 Å². The Kier molecular flexibility index (Phi) is 1.93. The number of carbonyl (C=O) groups excluding carboxylic acids is 1. The van der Waals surface area contributed by atoms with Gasteiger partial charge in [0, 0.05) is 25.3 Å². The number of hydrogen-bond donors (Lipinski definition) is 0. The molecule has 0 aliphatic carbocycles. The van der Waals surface area contributed by atoms with E-state index in [-0.39, 0.29) is 5.91 Å². The van der Waals surface area contributed by atoms with E-state index in [2.05, 4.69) is 11.1 Å². The molecule has 3 heteroatoms. The molecule has 0 unspecified atom stereocenters. The fourth-order valence-corrected chi connectivity index (χ4v) is 2.23. The SMILES string of the molecule is CC(=O)N1CCc2nc3ccccc3cc21. The minimum absolute atomic E-state index is 0.0934. The van der Waals surface area contributed by atoms with Gasteiger partial charge in [0.1, 0.15) is 0 Å². The Hall–Kier alpha value is -1.90. The normalized spacial score (nSPS) is 14.2. The second-order valence-corrected chi connectivity index (χ2v) is 4.07. The zero-order valence-corrected chi connectivity index (χ0v) is 9.10. The van der Waals surface area contributed by atoms with Crippen molar-refractivity contribution in [3.8, 4) is 0 Å². The Labute approximate surface area is 93.7 Å². The first-order valence-corrected chi connectivity index (χ1v) is 5.42. The number of fused-ring (bicyclic) bond motifs is 2. The van der Waals surface area contributed by atoms with Crippen molar-refractivity contribution in [2.75, 3.05) is 11.4 Å². The molecule has 0 bridgehead atoms. The van der Waals surface area contributed by atoms with Gasteiger partial charge in [-0.25, -0.2) is 0 Å². The summed E-state index contributed by atoms with van der Waals surface area (Å²) in [6.07, 6.45) is 0.861. The van der Waals surface area contributed by atoms with Crippen molar-refractivity contribution in [3.05, 3.63) is 36.0 Å². The van der Waals surface area contributed by atoms with Crippen LogP contribution in [0.1, 0.15) is 12.6 Å². The molecule has 1 aromatic heterocycles. The lowest BCUT2D eigenvalue weighted by atomic mass is 10.2. The molecule has 1 aromatic carbocycles. The number of amides is 1. The molecule has 3 nitrogen and oxygen atoms in total. The van der Waals surface area contributed by atoms with E-state index in [0.717, 1.165) is 35.2 Å². The standard InChI is InChI=1S/C13H12N2O/c1-9(16)15-7-6-12-13(15)8-10-4-2-3-5-11(10)14-12/h2-5,8H,6-7H2,1H3. The van der Waals surface area contributed by atoms with Crippen molar-refractivity contribution in [1.82, 2.24) is 4.98 Å². The first kappa shape index (κ1) is 9.33. The number of anilines is 1. The van der Waals surface area contributed by atoms with Crippen LogP contribution in [0.15, 0.2) is 30.3 Å². The molecule has 0 saturated heterocycles. The second-order valence-electron chi connectivity index (χ2n) is 4.07. The van der Waals surface area contributed by atoms with Crippen LogP contribution >= 0.6 is 0 Å². The van der Waals surface area contributed by atoms with Crippen molar-refractivity contribution >= 4 is 22.5 Å². The lowest BCUT2D eigenvalue weighted by Crippen LogP contribution is -2.25. The fraction of sp³-hybridized carbons (Fsp3) is 0.231. The minimum atomic E-state index is 0.0934. The average molecular weight is 212 g/mol. The third kappa shape index (κ3) is 1.28. The number of rotatable bonds is 0. The highest BCUT2D eigenvalue weighted by Crippen LogP contribution is 2.29. The van der Waals surface area contributed by atoms with E-state index < -0.39 is 0 Å². The van der Waals surface area contributed by atoms with E-state index in [1.54, 1.807) is 11.8 Å². The van der Waals surface area contributed by atoms with Crippen molar-refractivity contribution < 1.29 is 4.79 Å². The summed E-state index contributed by atoms with van der Waals surface area (Å²) in [6, 6.07) is 10.1. The van der Waals surface area contributed by atoms with Crippen LogP contribution in [-0.2, 0) is 11.2 Å². The monoisotopic (exact) mass is 212 g/mol. The largest absolute Gasteiger partial charge is 0.310 e. The molecule has 0 fully saturated rings. The summed E-state index contributed by atoms with van der Waals surface area (Å²) in [7, 11) is 0. The Morgan fingerprint density at radius 2 is 2.19 bits per heavy atom. The first-order chi connectivity index (χ1) is 7.75. The molecule has 0 atom stereocenters. The Morgan fingerprint density at radius 3 is 3.00 bits per heavy atom. The van der Waals surface area contributed by atoms with Crippen molar-refractivity contribution in [2.24, 2.45) is 0 Å². The number of para-hydroxylation sites is 1. The molecular formula is C13H12N2O. The maximum absolute atomic E-state index is 11.4. The van der Waals surface area contributed by atoms with E-state index in [4.69, 9.17) is 0 Å². The van der Waals surface area contributed by atoms with Gasteiger partial charge in [-0.2, -0.15) is 0 Å². The zero-order chi connectivity index (χ0) is 11.1. The Morgan fingerprint density at radius 1 is 1.38 bits per heavy atom. The van der Waals surface area contributed by atoms with E-state index in [1.165, 1.54) is 0 Å². The van der Waals surface area contributed by atoms with E-state index in [0.29, 0.717) is 0 Å². The summed E-state index contributed by atoms with van der Waals surface area (Å²) in [4.78, 5) is 17.8. The third-order valence-electron chi connectivity index (χ3n) is 3.02. The van der Waals surface area contributed by atoms with E-state index in [1.807, 2.05) is 24.3 Å². The summed E-state index contributed by atoms with van der Waals surface area (Å²) in [5.41, 5.74) is 3.02. The maximum atomic E-state index is 11.4. The lowest BCUT2D eigenvalue weighted by Gasteiger charge is -2.14. The van der Waals surface area contributed by atoms with Gasteiger partial charge in [-0.1, -0.05) is 18.2 Å². The van der Waals surface area contributed by atoms with Crippen LogP contribution in [0.5, 0.6) is 0 Å². The molecule has 80 valence electrons. The molecule has 1 amide bonds. The molecule has 2 heterocycles. The summed E-state index contributed by atoms with van der Waals surface area (Å²) >= 11 is 0. The number of pyridine rings is 1. The molecule has 2 aromatic rings. The van der Waals surface area contributed by atoms with Gasteiger partial charge in [0.15, 0.2) is 0 Å². The van der Waals surface area contributed by atoms with Gasteiger partial charge >= 0.3 is 0 Å². The van der Waals surface area contributed by atoms with Crippen LogP contribution in [0.2, 0.25) is 0 Å². The van der Waals surface area contributed by atoms with Gasteiger partial charge in [-0.3, -0.25) is 9.78 Å². The van der Waals surface area contributed by atoms with Crippen LogP contribution in [0.3, 0.4) is 0 Å². The number of benzene rings is 1. The highest BCUT2D eigenvalue weighted by Gasteiger charge is 2.23. The van der Waals surface area contributed by atoms with Gasteiger partial charge in [-0.05, 0) is 12.1 Å². The topological polar surface area (TPSA) is 33.2 Å². The van der Waals surface area contributed by atoms with Gasteiger partial charge in [0.25, 0.3) is 0 Å². The number of carbonyl (C=O) groups is 1. The Bertz CT molecular complexity index is 577. The predicted octanol–water partition coefficient (Wildman–Crippen LogP) is 2.14. The molecular weight excluding hydrogens is 200 g/mol. The maximum Gasteiger partial charge on any atom is 0.223 e. The number of aromatic nitrogens is 1. The quantitative estimate of drug-likeness (QED) is 0.670. The van der Waals surface area contributed by atoms with Crippen LogP contribution in [-0.4, -0.2) is 17.4 Å². The van der Waals surface area contributed by atoms with E-state index in [9.17, 15) is 4.79 Å². The van der Waals surface area contributed by atoms with Crippen molar-refractivity contribution in [2.45, 2.75) is 13.3 Å². The van der Waals surface area contributed by atoms with Crippen LogP contribution < -0.4 is 4.90 Å². The van der Waals surface area contributed by atoms with Crippen LogP contribution in [0.4, 0.5) is 5.69 Å². The highest BCUT2D eigenvalue weighted by molar-refractivity contribution is 5.96. The highest BCUT2D eigenvalue weighted by atomic mass is 16.2. The molecule has 0 spiro atoms. The van der Waals surface area contributed by atoms with Gasteiger partial charge in [0.05, 0.1) is 16.9 Å².